The first-order chi connectivity index (χ1) is 6.03. The first-order valence-corrected chi connectivity index (χ1v) is 4.46. The molecule has 2 unspecified atom stereocenters. The normalized spacial score (nSPS) is 33.9. The van der Waals surface area contributed by atoms with Gasteiger partial charge in [-0.15, -0.1) is 11.6 Å². The van der Waals surface area contributed by atoms with Crippen LogP contribution in [-0.4, -0.2) is 33.7 Å². The Balaban J connectivity index is 3.03. The molecule has 0 saturated carbocycles. The van der Waals surface area contributed by atoms with Crippen LogP contribution >= 0.6 is 11.6 Å². The molecular weight excluding hydrogens is 194 g/mol. The Morgan fingerprint density at radius 3 is 2.85 bits per heavy atom. The lowest BCUT2D eigenvalue weighted by molar-refractivity contribution is -0.386. The molecule has 0 aromatic carbocycles. The highest BCUT2D eigenvalue weighted by Gasteiger charge is 2.41. The van der Waals surface area contributed by atoms with Gasteiger partial charge < -0.3 is 15.4 Å². The van der Waals surface area contributed by atoms with E-state index in [1.165, 1.54) is 6.21 Å². The average Bonchev–Trinajstić information content (AvgIpc) is 2.03. The van der Waals surface area contributed by atoms with E-state index in [1.807, 2.05) is 0 Å². The van der Waals surface area contributed by atoms with Gasteiger partial charge in [0.15, 0.2) is 12.0 Å². The van der Waals surface area contributed by atoms with Gasteiger partial charge in [0, 0.05) is 5.88 Å². The summed E-state index contributed by atoms with van der Waals surface area (Å²) in [7, 11) is 0. The van der Waals surface area contributed by atoms with Crippen molar-refractivity contribution in [3.05, 3.63) is 17.2 Å². The molecule has 1 aliphatic heterocycles. The van der Waals surface area contributed by atoms with Crippen LogP contribution in [-0.2, 0) is 0 Å². The van der Waals surface area contributed by atoms with Gasteiger partial charge in [-0.05, 0) is 6.92 Å². The monoisotopic (exact) mass is 205 g/mol. The highest BCUT2D eigenvalue weighted by Crippen LogP contribution is 2.33. The maximum Gasteiger partial charge on any atom is 0.217 e. The first-order valence-electron chi connectivity index (χ1n) is 3.92. The molecular formula is C8H12ClNO3. The van der Waals surface area contributed by atoms with Crippen molar-refractivity contribution >= 4 is 17.8 Å². The highest BCUT2D eigenvalue weighted by molar-refractivity contribution is 6.19. The maximum absolute atomic E-state index is 11.0. The number of nitrogens with zero attached hydrogens (tertiary/aromatic N) is 1. The van der Waals surface area contributed by atoms with Gasteiger partial charge in [0.05, 0.1) is 17.9 Å². The second-order valence-corrected chi connectivity index (χ2v) is 3.68. The molecule has 0 saturated heterocycles. The van der Waals surface area contributed by atoms with Crippen molar-refractivity contribution in [1.82, 2.24) is 0 Å². The van der Waals surface area contributed by atoms with Crippen molar-refractivity contribution in [3.63, 3.8) is 0 Å². The van der Waals surface area contributed by atoms with Gasteiger partial charge in [-0.2, -0.15) is 4.74 Å². The molecule has 0 fully saturated rings. The minimum atomic E-state index is -0.684. The quantitative estimate of drug-likeness (QED) is 0.399. The lowest BCUT2D eigenvalue weighted by Gasteiger charge is -2.31. The van der Waals surface area contributed by atoms with Gasteiger partial charge in [-0.3, -0.25) is 0 Å². The van der Waals surface area contributed by atoms with Crippen LogP contribution in [0.25, 0.3) is 0 Å². The molecule has 1 rings (SSSR count). The molecule has 2 atom stereocenters. The lowest BCUT2D eigenvalue weighted by atomic mass is 9.78. The summed E-state index contributed by atoms with van der Waals surface area (Å²) >= 11 is 5.68. The summed E-state index contributed by atoms with van der Waals surface area (Å²) in [6, 6.07) is 0. The zero-order valence-corrected chi connectivity index (χ0v) is 8.03. The minimum Gasteiger partial charge on any atom is -0.619 e. The zero-order valence-electron chi connectivity index (χ0n) is 7.27. The van der Waals surface area contributed by atoms with Crippen LogP contribution in [0.2, 0.25) is 0 Å². The molecule has 0 amide bonds. The van der Waals surface area contributed by atoms with Gasteiger partial charge in [-0.25, -0.2) is 0 Å². The van der Waals surface area contributed by atoms with Crippen molar-refractivity contribution < 1.29 is 15.0 Å². The number of halogens is 1. The van der Waals surface area contributed by atoms with Gasteiger partial charge in [-0.1, -0.05) is 0 Å². The number of rotatable bonds is 2. The van der Waals surface area contributed by atoms with Gasteiger partial charge in [0.25, 0.3) is 0 Å². The van der Waals surface area contributed by atoms with Crippen LogP contribution in [0.5, 0.6) is 0 Å². The fourth-order valence-corrected chi connectivity index (χ4v) is 1.66. The highest BCUT2D eigenvalue weighted by atomic mass is 35.5. The summed E-state index contributed by atoms with van der Waals surface area (Å²) in [5.74, 6) is -0.437. The Kier molecular flexibility index (Phi) is 2.83. The van der Waals surface area contributed by atoms with E-state index in [4.69, 9.17) is 16.7 Å². The minimum absolute atomic E-state index is 0.122. The van der Waals surface area contributed by atoms with E-state index in [2.05, 4.69) is 0 Å². The fourth-order valence-electron chi connectivity index (χ4n) is 1.41. The zero-order chi connectivity index (χ0) is 10.1. The van der Waals surface area contributed by atoms with E-state index in [0.29, 0.717) is 4.74 Å². The third kappa shape index (κ3) is 1.78. The molecule has 74 valence electrons. The Bertz CT molecular complexity index is 264. The van der Waals surface area contributed by atoms with E-state index < -0.39 is 11.3 Å². The molecule has 2 N–H and O–H groups in total. The standard InChI is InChI=1S/C8H12ClNO3/c1-8(4-9)5-10(13)2-7(12)6(8)3-11/h2,5-6,11-12H,3-4H2,1H3. The van der Waals surface area contributed by atoms with Crippen molar-refractivity contribution in [2.24, 2.45) is 11.3 Å². The van der Waals surface area contributed by atoms with Crippen LogP contribution in [0.1, 0.15) is 6.92 Å². The van der Waals surface area contributed by atoms with E-state index in [9.17, 15) is 10.3 Å². The second-order valence-electron chi connectivity index (χ2n) is 3.42. The summed E-state index contributed by atoms with van der Waals surface area (Å²) in [4.78, 5) is 0. The number of hydroxylamine groups is 1. The average molecular weight is 206 g/mol. The lowest BCUT2D eigenvalue weighted by Crippen LogP contribution is -2.39. The van der Waals surface area contributed by atoms with Gasteiger partial charge >= 0.3 is 0 Å². The van der Waals surface area contributed by atoms with Crippen LogP contribution in [0, 0.1) is 16.5 Å². The molecule has 0 radical (unpaired) electrons. The van der Waals surface area contributed by atoms with Crippen molar-refractivity contribution in [1.29, 1.82) is 0 Å². The predicted molar refractivity (Wildman–Crippen MR) is 49.8 cm³/mol. The summed E-state index contributed by atoms with van der Waals surface area (Å²) < 4.78 is 0.518. The van der Waals surface area contributed by atoms with E-state index in [0.717, 1.165) is 6.20 Å². The molecule has 1 heterocycles. The third-order valence-electron chi connectivity index (χ3n) is 2.31. The Morgan fingerprint density at radius 1 is 1.77 bits per heavy atom. The predicted octanol–water partition coefficient (Wildman–Crippen LogP) is 0.834. The molecule has 0 spiro atoms. The molecule has 0 aromatic rings. The van der Waals surface area contributed by atoms with Crippen LogP contribution in [0.4, 0.5) is 0 Å². The number of alkyl halides is 1. The van der Waals surface area contributed by atoms with E-state index in [-0.39, 0.29) is 18.2 Å². The Morgan fingerprint density at radius 2 is 2.38 bits per heavy atom. The molecule has 0 bridgehead atoms. The van der Waals surface area contributed by atoms with Gasteiger partial charge in [0.2, 0.25) is 6.20 Å². The Hall–Kier alpha value is -0.740. The van der Waals surface area contributed by atoms with Crippen molar-refractivity contribution in [2.75, 3.05) is 12.5 Å². The third-order valence-corrected chi connectivity index (χ3v) is 2.88. The number of hydrogen-bond donors (Lipinski definition) is 2. The van der Waals surface area contributed by atoms with Crippen molar-refractivity contribution in [2.45, 2.75) is 6.92 Å². The Labute approximate surface area is 81.3 Å². The number of aliphatic hydroxyl groups excluding tert-OH is 2. The second kappa shape index (κ2) is 3.55. The van der Waals surface area contributed by atoms with Gasteiger partial charge in [0.1, 0.15) is 0 Å². The SMILES string of the molecule is CC1(CCl)C=[N+]([O-])C=C(O)C1CO. The molecule has 13 heavy (non-hydrogen) atoms. The fraction of sp³-hybridized carbons (Fsp3) is 0.625. The first kappa shape index (κ1) is 10.3. The topological polar surface area (TPSA) is 66.5 Å². The number of aliphatic hydroxyl groups is 2. The smallest absolute Gasteiger partial charge is 0.217 e. The van der Waals surface area contributed by atoms with Crippen LogP contribution in [0.15, 0.2) is 12.0 Å². The summed E-state index contributed by atoms with van der Waals surface area (Å²) in [6.07, 6.45) is 2.40. The van der Waals surface area contributed by atoms with E-state index >= 15 is 0 Å². The summed E-state index contributed by atoms with van der Waals surface area (Å²) in [6.45, 7) is 1.49. The molecule has 1 aliphatic rings. The maximum atomic E-state index is 11.0. The largest absolute Gasteiger partial charge is 0.619 e. The molecule has 4 nitrogen and oxygen atoms in total. The number of hydrogen-bond acceptors (Lipinski definition) is 3. The van der Waals surface area contributed by atoms with Crippen LogP contribution < -0.4 is 0 Å². The summed E-state index contributed by atoms with van der Waals surface area (Å²) in [5, 5.41) is 29.4. The van der Waals surface area contributed by atoms with E-state index in [1.54, 1.807) is 6.92 Å². The molecule has 0 aliphatic carbocycles. The summed E-state index contributed by atoms with van der Waals surface area (Å²) in [5.41, 5.74) is -0.684. The van der Waals surface area contributed by atoms with Crippen LogP contribution in [0.3, 0.4) is 0 Å². The molecule has 0 aromatic heterocycles. The van der Waals surface area contributed by atoms with Crippen molar-refractivity contribution in [3.8, 4) is 0 Å². The molecule has 5 heteroatoms.